The summed E-state index contributed by atoms with van der Waals surface area (Å²) in [5.74, 6) is -0.142. The van der Waals surface area contributed by atoms with Gasteiger partial charge < -0.3 is 4.90 Å². The highest BCUT2D eigenvalue weighted by Gasteiger charge is 2.31. The number of carbonyl (C=O) groups is 1. The smallest absolute Gasteiger partial charge is 0.254 e. The van der Waals surface area contributed by atoms with Crippen LogP contribution in [-0.2, 0) is 10.0 Å². The van der Waals surface area contributed by atoms with Crippen LogP contribution in [0.2, 0.25) is 0 Å². The number of nitrogens with two attached hydrogens (primary N) is 1. The fourth-order valence-electron chi connectivity index (χ4n) is 2.39. The van der Waals surface area contributed by atoms with Crippen molar-refractivity contribution in [3.8, 4) is 0 Å². The van der Waals surface area contributed by atoms with Crippen molar-refractivity contribution in [2.45, 2.75) is 25.0 Å². The third-order valence-electron chi connectivity index (χ3n) is 3.56. The van der Waals surface area contributed by atoms with Gasteiger partial charge in [0.15, 0.2) is 0 Å². The summed E-state index contributed by atoms with van der Waals surface area (Å²) in [6.07, 6.45) is 1.17. The Hall–Kier alpha value is -0.920. The van der Waals surface area contributed by atoms with Gasteiger partial charge >= 0.3 is 0 Å². The molecule has 1 saturated heterocycles. The predicted octanol–water partition coefficient (Wildman–Crippen LogP) is 1.65. The van der Waals surface area contributed by atoms with Gasteiger partial charge in [-0.2, -0.15) is 0 Å². The van der Waals surface area contributed by atoms with E-state index >= 15 is 0 Å². The van der Waals surface area contributed by atoms with Gasteiger partial charge in [0.25, 0.3) is 5.91 Å². The maximum absolute atomic E-state index is 12.5. The second-order valence-corrected chi connectivity index (χ2v) is 7.82. The van der Waals surface area contributed by atoms with E-state index in [1.807, 2.05) is 19.1 Å². The number of hydrogen-bond donors (Lipinski definition) is 1. The topological polar surface area (TPSA) is 80.5 Å². The first-order valence-electron chi connectivity index (χ1n) is 6.36. The highest BCUT2D eigenvalue weighted by atomic mass is 79.9. The Morgan fingerprint density at radius 1 is 1.45 bits per heavy atom. The van der Waals surface area contributed by atoms with E-state index in [1.165, 1.54) is 0 Å². The molecule has 1 aromatic rings. The molecule has 0 spiro atoms. The first kappa shape index (κ1) is 15.5. The zero-order valence-electron chi connectivity index (χ0n) is 11.2. The molecule has 7 heteroatoms. The van der Waals surface area contributed by atoms with Crippen molar-refractivity contribution in [1.29, 1.82) is 0 Å². The maximum Gasteiger partial charge on any atom is 0.254 e. The van der Waals surface area contributed by atoms with Crippen LogP contribution in [0.25, 0.3) is 0 Å². The van der Waals surface area contributed by atoms with Gasteiger partial charge in [-0.05, 0) is 37.5 Å². The van der Waals surface area contributed by atoms with Gasteiger partial charge in [0.1, 0.15) is 0 Å². The number of likely N-dealkylation sites (tertiary alicyclic amines) is 1. The number of aryl methyl sites for hydroxylation is 1. The largest absolute Gasteiger partial charge is 0.337 e. The highest BCUT2D eigenvalue weighted by Crippen LogP contribution is 2.21. The first-order valence-corrected chi connectivity index (χ1v) is 8.76. The Balaban J connectivity index is 2.23. The number of amides is 1. The maximum atomic E-state index is 12.5. The summed E-state index contributed by atoms with van der Waals surface area (Å²) in [6.45, 7) is 2.60. The molecule has 1 amide bonds. The Kier molecular flexibility index (Phi) is 4.51. The van der Waals surface area contributed by atoms with E-state index in [4.69, 9.17) is 5.14 Å². The monoisotopic (exact) mass is 360 g/mol. The Morgan fingerprint density at radius 2 is 2.15 bits per heavy atom. The lowest BCUT2D eigenvalue weighted by Crippen LogP contribution is -2.47. The van der Waals surface area contributed by atoms with Crippen LogP contribution in [-0.4, -0.2) is 37.6 Å². The summed E-state index contributed by atoms with van der Waals surface area (Å²) in [4.78, 5) is 14.1. The van der Waals surface area contributed by atoms with Crippen molar-refractivity contribution in [2.24, 2.45) is 5.14 Å². The number of nitrogens with zero attached hydrogens (tertiary/aromatic N) is 1. The summed E-state index contributed by atoms with van der Waals surface area (Å²) >= 11 is 3.35. The SMILES string of the molecule is Cc1ccc(Br)cc1C(=O)N1CCCC(S(N)(=O)=O)C1. The van der Waals surface area contributed by atoms with Gasteiger partial charge in [-0.25, -0.2) is 13.6 Å². The van der Waals surface area contributed by atoms with Crippen LogP contribution in [0, 0.1) is 6.92 Å². The number of piperidine rings is 1. The van der Waals surface area contributed by atoms with Crippen LogP contribution < -0.4 is 5.14 Å². The molecule has 0 aliphatic carbocycles. The van der Waals surface area contributed by atoms with Crippen LogP contribution in [0.5, 0.6) is 0 Å². The molecule has 1 heterocycles. The number of hydrogen-bond acceptors (Lipinski definition) is 3. The Morgan fingerprint density at radius 3 is 2.80 bits per heavy atom. The molecule has 0 bridgehead atoms. The van der Waals surface area contributed by atoms with Crippen LogP contribution >= 0.6 is 15.9 Å². The van der Waals surface area contributed by atoms with Gasteiger partial charge in [0, 0.05) is 23.1 Å². The van der Waals surface area contributed by atoms with E-state index in [1.54, 1.807) is 11.0 Å². The second kappa shape index (κ2) is 5.83. The molecule has 2 N–H and O–H groups in total. The molecule has 1 aliphatic heterocycles. The molecule has 1 atom stereocenters. The van der Waals surface area contributed by atoms with E-state index < -0.39 is 15.3 Å². The van der Waals surface area contributed by atoms with E-state index in [2.05, 4.69) is 15.9 Å². The highest BCUT2D eigenvalue weighted by molar-refractivity contribution is 9.10. The third kappa shape index (κ3) is 3.39. The molecular weight excluding hydrogens is 344 g/mol. The lowest BCUT2D eigenvalue weighted by atomic mass is 10.1. The van der Waals surface area contributed by atoms with Gasteiger partial charge in [-0.3, -0.25) is 4.79 Å². The number of rotatable bonds is 2. The lowest BCUT2D eigenvalue weighted by Gasteiger charge is -2.32. The van der Waals surface area contributed by atoms with Crippen LogP contribution in [0.3, 0.4) is 0 Å². The number of benzene rings is 1. The fourth-order valence-corrected chi connectivity index (χ4v) is 3.63. The number of halogens is 1. The van der Waals surface area contributed by atoms with Crippen molar-refractivity contribution in [2.75, 3.05) is 13.1 Å². The first-order chi connectivity index (χ1) is 9.29. The number of sulfonamides is 1. The summed E-state index contributed by atoms with van der Waals surface area (Å²) < 4.78 is 23.7. The minimum Gasteiger partial charge on any atom is -0.337 e. The Labute approximate surface area is 127 Å². The molecule has 2 rings (SSSR count). The minimum atomic E-state index is -3.60. The molecule has 110 valence electrons. The van der Waals surface area contributed by atoms with E-state index in [0.29, 0.717) is 24.9 Å². The molecule has 20 heavy (non-hydrogen) atoms. The van der Waals surface area contributed by atoms with Crippen molar-refractivity contribution in [1.82, 2.24) is 4.90 Å². The van der Waals surface area contributed by atoms with E-state index in [9.17, 15) is 13.2 Å². The lowest BCUT2D eigenvalue weighted by molar-refractivity contribution is 0.0726. The van der Waals surface area contributed by atoms with Crippen LogP contribution in [0.15, 0.2) is 22.7 Å². The van der Waals surface area contributed by atoms with Crippen molar-refractivity contribution in [3.63, 3.8) is 0 Å². The average Bonchev–Trinajstić information content (AvgIpc) is 2.40. The zero-order chi connectivity index (χ0) is 14.9. The fraction of sp³-hybridized carbons (Fsp3) is 0.462. The molecule has 1 fully saturated rings. The average molecular weight is 361 g/mol. The molecule has 0 aromatic heterocycles. The number of carbonyl (C=O) groups excluding carboxylic acids is 1. The third-order valence-corrected chi connectivity index (χ3v) is 5.37. The second-order valence-electron chi connectivity index (χ2n) is 5.06. The van der Waals surface area contributed by atoms with Gasteiger partial charge in [0.05, 0.1) is 5.25 Å². The molecule has 5 nitrogen and oxygen atoms in total. The molecule has 0 radical (unpaired) electrons. The molecular formula is C13H17BrN2O3S. The van der Waals surface area contributed by atoms with Crippen molar-refractivity contribution in [3.05, 3.63) is 33.8 Å². The molecule has 0 saturated carbocycles. The van der Waals surface area contributed by atoms with Gasteiger partial charge in [-0.15, -0.1) is 0 Å². The summed E-state index contributed by atoms with van der Waals surface area (Å²) in [5.41, 5.74) is 1.46. The molecule has 1 aromatic carbocycles. The van der Waals surface area contributed by atoms with E-state index in [-0.39, 0.29) is 12.5 Å². The molecule has 1 unspecified atom stereocenters. The Bertz CT molecular complexity index is 631. The molecule has 1 aliphatic rings. The zero-order valence-corrected chi connectivity index (χ0v) is 13.6. The summed E-state index contributed by atoms with van der Waals surface area (Å²) in [7, 11) is -3.60. The quantitative estimate of drug-likeness (QED) is 0.870. The standard InChI is InChI=1S/C13H17BrN2O3S/c1-9-4-5-10(14)7-12(9)13(17)16-6-2-3-11(8-16)20(15,18)19/h4-5,7,11H,2-3,6,8H2,1H3,(H2,15,18,19). The van der Waals surface area contributed by atoms with Crippen LogP contribution in [0.4, 0.5) is 0 Å². The summed E-state index contributed by atoms with van der Waals surface area (Å²) in [6, 6.07) is 5.49. The van der Waals surface area contributed by atoms with Crippen molar-refractivity contribution >= 4 is 31.9 Å². The number of primary sulfonamides is 1. The summed E-state index contributed by atoms with van der Waals surface area (Å²) in [5, 5.41) is 4.53. The van der Waals surface area contributed by atoms with Crippen molar-refractivity contribution < 1.29 is 13.2 Å². The minimum absolute atomic E-state index is 0.142. The van der Waals surface area contributed by atoms with Crippen LogP contribution in [0.1, 0.15) is 28.8 Å². The normalized spacial score (nSPS) is 19.9. The van der Waals surface area contributed by atoms with Gasteiger partial charge in [-0.1, -0.05) is 22.0 Å². The predicted molar refractivity (Wildman–Crippen MR) is 80.9 cm³/mol. The van der Waals surface area contributed by atoms with E-state index in [0.717, 1.165) is 10.0 Å². The van der Waals surface area contributed by atoms with Gasteiger partial charge in [0.2, 0.25) is 10.0 Å².